The Bertz CT molecular complexity index is 671. The maximum atomic E-state index is 11.1. The lowest BCUT2D eigenvalue weighted by Crippen LogP contribution is -2.09. The van der Waals surface area contributed by atoms with E-state index in [9.17, 15) is 8.42 Å². The first-order valence-corrected chi connectivity index (χ1v) is 8.38. The Labute approximate surface area is 121 Å². The fraction of sp³-hybridized carbons (Fsp3) is 0.455. The third-order valence-corrected chi connectivity index (χ3v) is 5.19. The molecule has 0 aromatic carbocycles. The summed E-state index contributed by atoms with van der Waals surface area (Å²) in [6.07, 6.45) is 2.98. The van der Waals surface area contributed by atoms with E-state index in [1.165, 1.54) is 6.20 Å². The zero-order valence-corrected chi connectivity index (χ0v) is 12.8. The van der Waals surface area contributed by atoms with Gasteiger partial charge in [0, 0.05) is 12.1 Å². The van der Waals surface area contributed by atoms with Gasteiger partial charge < -0.3 is 9.84 Å². The zero-order chi connectivity index (χ0) is 14.8. The van der Waals surface area contributed by atoms with Crippen molar-refractivity contribution >= 4 is 26.5 Å². The van der Waals surface area contributed by atoms with E-state index in [1.807, 2.05) is 13.8 Å². The predicted octanol–water partition coefficient (Wildman–Crippen LogP) is 1.44. The topological polar surface area (TPSA) is 111 Å². The zero-order valence-electron chi connectivity index (χ0n) is 11.2. The predicted molar refractivity (Wildman–Crippen MR) is 76.3 cm³/mol. The smallest absolute Gasteiger partial charge is 0.249 e. The molecule has 2 aromatic heterocycles. The Balaban J connectivity index is 1.83. The van der Waals surface area contributed by atoms with Crippen molar-refractivity contribution in [2.75, 3.05) is 11.9 Å². The molecule has 0 bridgehead atoms. The van der Waals surface area contributed by atoms with Crippen LogP contribution in [0.15, 0.2) is 14.9 Å². The van der Waals surface area contributed by atoms with E-state index < -0.39 is 10.0 Å². The standard InChI is InChI=1S/C11H16N4O3S2/c1-7-9(8(2)18-15-7)4-3-5-13-11-14-6-10(19-11)20(12,16)17/h6H,3-5H2,1-2H3,(H,13,14)(H2,12,16,17). The maximum Gasteiger partial charge on any atom is 0.249 e. The van der Waals surface area contributed by atoms with Crippen LogP contribution in [0.5, 0.6) is 0 Å². The summed E-state index contributed by atoms with van der Waals surface area (Å²) in [6, 6.07) is 0. The lowest BCUT2D eigenvalue weighted by Gasteiger charge is -2.02. The van der Waals surface area contributed by atoms with Crippen molar-refractivity contribution in [3.05, 3.63) is 23.2 Å². The van der Waals surface area contributed by atoms with Gasteiger partial charge in [0.25, 0.3) is 0 Å². The average molecular weight is 316 g/mol. The number of aryl methyl sites for hydroxylation is 2. The molecule has 9 heteroatoms. The average Bonchev–Trinajstić information content (AvgIpc) is 2.94. The van der Waals surface area contributed by atoms with Crippen molar-refractivity contribution in [2.24, 2.45) is 5.14 Å². The molecule has 0 fully saturated rings. The van der Waals surface area contributed by atoms with E-state index in [0.29, 0.717) is 11.7 Å². The second-order valence-electron chi connectivity index (χ2n) is 4.36. The molecule has 110 valence electrons. The minimum absolute atomic E-state index is 0.0609. The highest BCUT2D eigenvalue weighted by Crippen LogP contribution is 2.21. The highest BCUT2D eigenvalue weighted by molar-refractivity contribution is 7.91. The number of primary sulfonamides is 1. The van der Waals surface area contributed by atoms with Crippen LogP contribution in [0, 0.1) is 13.8 Å². The summed E-state index contributed by atoms with van der Waals surface area (Å²) in [7, 11) is -3.66. The Morgan fingerprint density at radius 1 is 1.45 bits per heavy atom. The van der Waals surface area contributed by atoms with Gasteiger partial charge in [0.1, 0.15) is 5.76 Å². The molecular formula is C11H16N4O3S2. The Kier molecular flexibility index (Phi) is 4.41. The number of hydrogen-bond acceptors (Lipinski definition) is 7. The van der Waals surface area contributed by atoms with Crippen molar-refractivity contribution < 1.29 is 12.9 Å². The summed E-state index contributed by atoms with van der Waals surface area (Å²) < 4.78 is 27.4. The number of thiazole rings is 1. The van der Waals surface area contributed by atoms with Gasteiger partial charge in [-0.15, -0.1) is 0 Å². The molecule has 0 saturated carbocycles. The second kappa shape index (κ2) is 5.90. The van der Waals surface area contributed by atoms with Crippen molar-refractivity contribution in [3.8, 4) is 0 Å². The molecule has 3 N–H and O–H groups in total. The van der Waals surface area contributed by atoms with Crippen LogP contribution in [0.3, 0.4) is 0 Å². The molecule has 0 atom stereocenters. The molecule has 2 rings (SSSR count). The van der Waals surface area contributed by atoms with E-state index in [1.54, 1.807) is 0 Å². The lowest BCUT2D eigenvalue weighted by molar-refractivity contribution is 0.392. The Hall–Kier alpha value is -1.45. The summed E-state index contributed by atoms with van der Waals surface area (Å²) in [5.74, 6) is 0.841. The molecule has 0 unspecified atom stereocenters. The highest BCUT2D eigenvalue weighted by atomic mass is 32.2. The van der Waals surface area contributed by atoms with E-state index in [4.69, 9.17) is 9.66 Å². The summed E-state index contributed by atoms with van der Waals surface area (Å²) >= 11 is 1.03. The first-order chi connectivity index (χ1) is 9.38. The lowest BCUT2D eigenvalue weighted by atomic mass is 10.1. The van der Waals surface area contributed by atoms with Crippen molar-refractivity contribution in [2.45, 2.75) is 30.9 Å². The Morgan fingerprint density at radius 2 is 2.20 bits per heavy atom. The molecule has 0 saturated heterocycles. The molecule has 0 amide bonds. The van der Waals surface area contributed by atoms with Crippen molar-refractivity contribution in [1.29, 1.82) is 0 Å². The SMILES string of the molecule is Cc1noc(C)c1CCCNc1ncc(S(N)(=O)=O)s1. The molecule has 20 heavy (non-hydrogen) atoms. The van der Waals surface area contributed by atoms with Crippen LogP contribution in [-0.2, 0) is 16.4 Å². The monoisotopic (exact) mass is 316 g/mol. The molecule has 7 nitrogen and oxygen atoms in total. The van der Waals surface area contributed by atoms with Crippen LogP contribution < -0.4 is 10.5 Å². The largest absolute Gasteiger partial charge is 0.361 e. The van der Waals surface area contributed by atoms with Gasteiger partial charge in [0.05, 0.1) is 11.9 Å². The first-order valence-electron chi connectivity index (χ1n) is 6.02. The maximum absolute atomic E-state index is 11.1. The van der Waals surface area contributed by atoms with E-state index >= 15 is 0 Å². The minimum atomic E-state index is -3.66. The summed E-state index contributed by atoms with van der Waals surface area (Å²) in [4.78, 5) is 3.97. The molecular weight excluding hydrogens is 300 g/mol. The highest BCUT2D eigenvalue weighted by Gasteiger charge is 2.12. The van der Waals surface area contributed by atoms with E-state index in [-0.39, 0.29) is 4.21 Å². The molecule has 2 aromatic rings. The summed E-state index contributed by atoms with van der Waals surface area (Å²) in [5.41, 5.74) is 2.03. The number of anilines is 1. The summed E-state index contributed by atoms with van der Waals surface area (Å²) in [6.45, 7) is 4.49. The number of nitrogens with one attached hydrogen (secondary N) is 1. The number of rotatable bonds is 6. The third-order valence-electron chi connectivity index (χ3n) is 2.83. The van der Waals surface area contributed by atoms with Crippen molar-refractivity contribution in [1.82, 2.24) is 10.1 Å². The third kappa shape index (κ3) is 3.56. The molecule has 0 aliphatic carbocycles. The normalized spacial score (nSPS) is 11.8. The number of nitrogens with zero attached hydrogens (tertiary/aromatic N) is 2. The minimum Gasteiger partial charge on any atom is -0.361 e. The van der Waals surface area contributed by atoms with Gasteiger partial charge in [-0.25, -0.2) is 18.5 Å². The molecule has 0 spiro atoms. The molecule has 0 radical (unpaired) electrons. The van der Waals surface area contributed by atoms with Gasteiger partial charge in [-0.1, -0.05) is 16.5 Å². The summed E-state index contributed by atoms with van der Waals surface area (Å²) in [5, 5.41) is 12.5. The fourth-order valence-electron chi connectivity index (χ4n) is 1.79. The second-order valence-corrected chi connectivity index (χ2v) is 7.18. The number of nitrogens with two attached hydrogens (primary N) is 1. The number of hydrogen-bond donors (Lipinski definition) is 2. The number of aromatic nitrogens is 2. The van der Waals surface area contributed by atoms with E-state index in [0.717, 1.165) is 41.2 Å². The van der Waals surface area contributed by atoms with Gasteiger partial charge in [0.15, 0.2) is 9.34 Å². The number of sulfonamides is 1. The van der Waals surface area contributed by atoms with Crippen molar-refractivity contribution in [3.63, 3.8) is 0 Å². The van der Waals surface area contributed by atoms with E-state index in [2.05, 4.69) is 15.5 Å². The Morgan fingerprint density at radius 3 is 2.75 bits per heavy atom. The molecule has 0 aliphatic heterocycles. The molecule has 2 heterocycles. The van der Waals surface area contributed by atoms with Gasteiger partial charge in [0.2, 0.25) is 10.0 Å². The van der Waals surface area contributed by atoms with Crippen LogP contribution in [0.4, 0.5) is 5.13 Å². The van der Waals surface area contributed by atoms with Gasteiger partial charge in [-0.2, -0.15) is 0 Å². The van der Waals surface area contributed by atoms with Crippen LogP contribution in [0.1, 0.15) is 23.4 Å². The van der Waals surface area contributed by atoms with Gasteiger partial charge in [-0.05, 0) is 26.7 Å². The van der Waals surface area contributed by atoms with Gasteiger partial charge >= 0.3 is 0 Å². The fourth-order valence-corrected chi connectivity index (χ4v) is 3.27. The quantitative estimate of drug-likeness (QED) is 0.780. The van der Waals surface area contributed by atoms with Crippen LogP contribution >= 0.6 is 11.3 Å². The van der Waals surface area contributed by atoms with Crippen LogP contribution in [0.25, 0.3) is 0 Å². The molecule has 0 aliphatic rings. The first kappa shape index (κ1) is 14.9. The van der Waals surface area contributed by atoms with Crippen LogP contribution in [-0.4, -0.2) is 25.1 Å². The van der Waals surface area contributed by atoms with Crippen LogP contribution in [0.2, 0.25) is 0 Å². The van der Waals surface area contributed by atoms with Gasteiger partial charge in [-0.3, -0.25) is 0 Å².